The highest BCUT2D eigenvalue weighted by atomic mass is 127. The van der Waals surface area contributed by atoms with Crippen LogP contribution in [0.2, 0.25) is 0 Å². The molecule has 2 aliphatic heterocycles. The van der Waals surface area contributed by atoms with Crippen molar-refractivity contribution in [1.82, 2.24) is 15.0 Å². The van der Waals surface area contributed by atoms with E-state index in [0.29, 0.717) is 42.4 Å². The zero-order valence-corrected chi connectivity index (χ0v) is 21.8. The van der Waals surface area contributed by atoms with E-state index < -0.39 is 0 Å². The number of carbonyl (C=O) groups excluding carboxylic acids is 1. The highest BCUT2D eigenvalue weighted by Gasteiger charge is 2.21. The Hall–Kier alpha value is -3.32. The SMILES string of the molecule is O=C(Oc1ccc(/C=N/Nc2nc(N3CCCC3)nc(N3CCOCC3)n2)cc1)c1ccccc1I. The molecule has 10 nitrogen and oxygen atoms in total. The topological polar surface area (TPSA) is 105 Å². The lowest BCUT2D eigenvalue weighted by molar-refractivity contribution is 0.0733. The number of nitrogens with zero attached hydrogens (tertiary/aromatic N) is 6. The first-order valence-corrected chi connectivity index (χ1v) is 12.9. The van der Waals surface area contributed by atoms with Gasteiger partial charge in [-0.25, -0.2) is 10.2 Å². The van der Waals surface area contributed by atoms with Gasteiger partial charge in [-0.3, -0.25) is 0 Å². The fraction of sp³-hybridized carbons (Fsp3) is 0.320. The number of morpholine rings is 1. The number of aromatic nitrogens is 3. The van der Waals surface area contributed by atoms with Gasteiger partial charge >= 0.3 is 5.97 Å². The van der Waals surface area contributed by atoms with Crippen LogP contribution >= 0.6 is 22.6 Å². The quantitative estimate of drug-likeness (QED) is 0.144. The molecule has 1 aromatic heterocycles. The molecular weight excluding hydrogens is 573 g/mol. The number of hydrogen-bond donors (Lipinski definition) is 1. The van der Waals surface area contributed by atoms with Gasteiger partial charge < -0.3 is 19.3 Å². The Kier molecular flexibility index (Phi) is 7.86. The first-order valence-electron chi connectivity index (χ1n) is 11.9. The molecule has 11 heteroatoms. The van der Waals surface area contributed by atoms with Crippen LogP contribution in [0.4, 0.5) is 17.8 Å². The molecular formula is C25H26IN7O3. The molecule has 36 heavy (non-hydrogen) atoms. The summed E-state index contributed by atoms with van der Waals surface area (Å²) >= 11 is 2.12. The van der Waals surface area contributed by atoms with Gasteiger partial charge in [0.25, 0.3) is 0 Å². The van der Waals surface area contributed by atoms with Crippen molar-refractivity contribution < 1.29 is 14.3 Å². The van der Waals surface area contributed by atoms with Gasteiger partial charge in [-0.05, 0) is 77.4 Å². The monoisotopic (exact) mass is 599 g/mol. The molecule has 0 bridgehead atoms. The average molecular weight is 599 g/mol. The lowest BCUT2D eigenvalue weighted by Crippen LogP contribution is -2.38. The second-order valence-electron chi connectivity index (χ2n) is 8.36. The minimum Gasteiger partial charge on any atom is -0.423 e. The van der Waals surface area contributed by atoms with Crippen molar-refractivity contribution in [3.05, 3.63) is 63.2 Å². The fourth-order valence-corrected chi connectivity index (χ4v) is 4.55. The van der Waals surface area contributed by atoms with E-state index in [1.54, 1.807) is 24.4 Å². The van der Waals surface area contributed by atoms with Crippen molar-refractivity contribution >= 4 is 52.6 Å². The van der Waals surface area contributed by atoms with Crippen molar-refractivity contribution in [2.45, 2.75) is 12.8 Å². The summed E-state index contributed by atoms with van der Waals surface area (Å²) in [7, 11) is 0. The van der Waals surface area contributed by atoms with Crippen LogP contribution in [0.3, 0.4) is 0 Å². The smallest absolute Gasteiger partial charge is 0.344 e. The van der Waals surface area contributed by atoms with Crippen molar-refractivity contribution in [3.63, 3.8) is 0 Å². The number of hydrazone groups is 1. The maximum atomic E-state index is 12.4. The molecule has 0 aliphatic carbocycles. The van der Waals surface area contributed by atoms with Crippen molar-refractivity contribution in [3.8, 4) is 5.75 Å². The number of nitrogens with one attached hydrogen (secondary N) is 1. The van der Waals surface area contributed by atoms with Crippen LogP contribution in [0.15, 0.2) is 53.6 Å². The Morgan fingerprint density at radius 3 is 2.31 bits per heavy atom. The summed E-state index contributed by atoms with van der Waals surface area (Å²) in [6, 6.07) is 14.4. The molecule has 0 radical (unpaired) electrons. The number of benzene rings is 2. The van der Waals surface area contributed by atoms with E-state index in [0.717, 1.165) is 48.2 Å². The molecule has 0 saturated carbocycles. The number of esters is 1. The molecule has 1 N–H and O–H groups in total. The normalized spacial score (nSPS) is 15.9. The highest BCUT2D eigenvalue weighted by Crippen LogP contribution is 2.21. The number of hydrogen-bond acceptors (Lipinski definition) is 10. The third-order valence-electron chi connectivity index (χ3n) is 5.86. The molecule has 2 aliphatic rings. The van der Waals surface area contributed by atoms with E-state index in [-0.39, 0.29) is 5.97 Å². The van der Waals surface area contributed by atoms with Gasteiger partial charge in [0.05, 0.1) is 25.0 Å². The van der Waals surface area contributed by atoms with E-state index >= 15 is 0 Å². The maximum Gasteiger partial charge on any atom is 0.344 e. The van der Waals surface area contributed by atoms with Gasteiger partial charge in [0.15, 0.2) is 0 Å². The molecule has 2 fully saturated rings. The van der Waals surface area contributed by atoms with Crippen molar-refractivity contribution in [1.29, 1.82) is 0 Å². The fourth-order valence-electron chi connectivity index (χ4n) is 3.94. The van der Waals surface area contributed by atoms with Gasteiger partial charge in [0.1, 0.15) is 5.75 Å². The zero-order valence-electron chi connectivity index (χ0n) is 19.6. The number of halogens is 1. The first-order chi connectivity index (χ1) is 17.7. The van der Waals surface area contributed by atoms with E-state index in [1.807, 2.05) is 30.3 Å². The number of rotatable bonds is 7. The number of ether oxygens (including phenoxy) is 2. The summed E-state index contributed by atoms with van der Waals surface area (Å²) in [6.07, 6.45) is 3.93. The van der Waals surface area contributed by atoms with Crippen LogP contribution in [0, 0.1) is 3.57 Å². The van der Waals surface area contributed by atoms with Crippen LogP contribution in [0.1, 0.15) is 28.8 Å². The average Bonchev–Trinajstić information content (AvgIpc) is 3.46. The van der Waals surface area contributed by atoms with Crippen molar-refractivity contribution in [2.24, 2.45) is 5.10 Å². The predicted molar refractivity (Wildman–Crippen MR) is 146 cm³/mol. The van der Waals surface area contributed by atoms with E-state index in [2.05, 4.69) is 52.9 Å². The first kappa shape index (κ1) is 24.4. The summed E-state index contributed by atoms with van der Waals surface area (Å²) in [6.45, 7) is 4.67. The Morgan fingerprint density at radius 2 is 1.61 bits per heavy atom. The second kappa shape index (κ2) is 11.6. The molecule has 0 unspecified atom stereocenters. The number of carbonyl (C=O) groups is 1. The van der Waals surface area contributed by atoms with Gasteiger partial charge in [-0.15, -0.1) is 0 Å². The molecule has 3 aromatic rings. The summed E-state index contributed by atoms with van der Waals surface area (Å²) in [5.74, 6) is 1.77. The van der Waals surface area contributed by atoms with Crippen molar-refractivity contribution in [2.75, 3.05) is 54.6 Å². The summed E-state index contributed by atoms with van der Waals surface area (Å²) in [5.41, 5.74) is 4.32. The van der Waals surface area contributed by atoms with Crippen LogP contribution in [-0.4, -0.2) is 66.5 Å². The van der Waals surface area contributed by atoms with Crippen LogP contribution in [0.25, 0.3) is 0 Å². The zero-order chi connectivity index (χ0) is 24.7. The molecule has 2 saturated heterocycles. The third-order valence-corrected chi connectivity index (χ3v) is 6.80. The predicted octanol–water partition coefficient (Wildman–Crippen LogP) is 3.58. The van der Waals surface area contributed by atoms with Gasteiger partial charge in [0.2, 0.25) is 17.8 Å². The van der Waals surface area contributed by atoms with E-state index in [4.69, 9.17) is 14.5 Å². The van der Waals surface area contributed by atoms with Gasteiger partial charge in [0, 0.05) is 29.7 Å². The molecule has 5 rings (SSSR count). The minimum atomic E-state index is -0.386. The summed E-state index contributed by atoms with van der Waals surface area (Å²) in [4.78, 5) is 30.6. The molecule has 0 atom stereocenters. The van der Waals surface area contributed by atoms with Crippen LogP contribution in [-0.2, 0) is 4.74 Å². The standard InChI is InChI=1S/C25H26IN7O3/c26-21-6-2-1-5-20(21)22(34)36-19-9-7-18(8-10-19)17-27-31-23-28-24(32-11-3-4-12-32)30-25(29-23)33-13-15-35-16-14-33/h1-2,5-10,17H,3-4,11-16H2,(H,28,29,30,31)/b27-17+. The molecule has 0 spiro atoms. The lowest BCUT2D eigenvalue weighted by Gasteiger charge is -2.27. The summed E-state index contributed by atoms with van der Waals surface area (Å²) < 4.78 is 11.8. The van der Waals surface area contributed by atoms with E-state index in [9.17, 15) is 4.79 Å². The minimum absolute atomic E-state index is 0.386. The lowest BCUT2D eigenvalue weighted by atomic mass is 10.2. The Labute approximate surface area is 222 Å². The molecule has 186 valence electrons. The van der Waals surface area contributed by atoms with E-state index in [1.165, 1.54) is 0 Å². The van der Waals surface area contributed by atoms with Gasteiger partial charge in [-0.2, -0.15) is 20.1 Å². The maximum absolute atomic E-state index is 12.4. The van der Waals surface area contributed by atoms with Gasteiger partial charge in [-0.1, -0.05) is 12.1 Å². The summed E-state index contributed by atoms with van der Waals surface area (Å²) in [5, 5.41) is 4.32. The number of anilines is 3. The Balaban J connectivity index is 1.25. The largest absolute Gasteiger partial charge is 0.423 e. The Bertz CT molecular complexity index is 1230. The van der Waals surface area contributed by atoms with Crippen LogP contribution in [0.5, 0.6) is 5.75 Å². The Morgan fingerprint density at radius 1 is 0.944 bits per heavy atom. The molecule has 2 aromatic carbocycles. The molecule has 0 amide bonds. The highest BCUT2D eigenvalue weighted by molar-refractivity contribution is 14.1. The second-order valence-corrected chi connectivity index (χ2v) is 9.52. The third kappa shape index (κ3) is 6.08. The van der Waals surface area contributed by atoms with Crippen LogP contribution < -0.4 is 20.0 Å². The molecule has 3 heterocycles.